The van der Waals surface area contributed by atoms with Gasteiger partial charge in [0.15, 0.2) is 0 Å². The van der Waals surface area contributed by atoms with Crippen molar-refractivity contribution in [1.29, 1.82) is 0 Å². The van der Waals surface area contributed by atoms with E-state index in [0.717, 1.165) is 17.1 Å². The third kappa shape index (κ3) is 4.60. The standard InChI is InChI=1S/C45H33NS/c1-45(2)41-19-11-9-17-37(41)38-23-21-35(29-42(38)45)46(34-22-24-44-40(28-34)39-18-10-12-20-43(39)47-44)36-26-32(30-13-5-3-6-14-30)25-33(27-36)31-15-7-4-8-16-31/h3-29H,1-2H3. The third-order valence-corrected chi connectivity index (χ3v) is 11.0. The molecule has 0 saturated carbocycles. The highest BCUT2D eigenvalue weighted by atomic mass is 32.1. The van der Waals surface area contributed by atoms with E-state index in [1.165, 1.54) is 64.7 Å². The molecule has 0 atom stereocenters. The molecule has 1 aliphatic rings. The molecule has 0 unspecified atom stereocenters. The summed E-state index contributed by atoms with van der Waals surface area (Å²) >= 11 is 1.86. The van der Waals surface area contributed by atoms with Gasteiger partial charge in [-0.05, 0) is 99.1 Å². The molecular formula is C45H33NS. The lowest BCUT2D eigenvalue weighted by molar-refractivity contribution is 0.660. The van der Waals surface area contributed by atoms with E-state index in [-0.39, 0.29) is 5.41 Å². The van der Waals surface area contributed by atoms with Crippen molar-refractivity contribution >= 4 is 48.6 Å². The number of thiophene rings is 1. The van der Waals surface area contributed by atoms with Gasteiger partial charge < -0.3 is 4.90 Å². The van der Waals surface area contributed by atoms with Gasteiger partial charge in [-0.15, -0.1) is 11.3 Å². The van der Waals surface area contributed by atoms with Gasteiger partial charge in [0, 0.05) is 42.6 Å². The molecule has 7 aromatic carbocycles. The lowest BCUT2D eigenvalue weighted by Crippen LogP contribution is -2.16. The molecule has 47 heavy (non-hydrogen) atoms. The van der Waals surface area contributed by atoms with Gasteiger partial charge in [0.05, 0.1) is 0 Å². The van der Waals surface area contributed by atoms with Gasteiger partial charge >= 0.3 is 0 Å². The van der Waals surface area contributed by atoms with Crippen molar-refractivity contribution in [2.75, 3.05) is 4.90 Å². The van der Waals surface area contributed by atoms with Crippen LogP contribution in [0.15, 0.2) is 164 Å². The molecule has 9 rings (SSSR count). The van der Waals surface area contributed by atoms with Gasteiger partial charge in [-0.1, -0.05) is 123 Å². The zero-order valence-electron chi connectivity index (χ0n) is 26.4. The number of fused-ring (bicyclic) bond motifs is 6. The SMILES string of the molecule is CC1(C)c2ccccc2-c2ccc(N(c3cc(-c4ccccc4)cc(-c4ccccc4)c3)c3ccc4sc5ccccc5c4c3)cc21. The Morgan fingerprint density at radius 3 is 1.72 bits per heavy atom. The van der Waals surface area contributed by atoms with Crippen LogP contribution in [0.5, 0.6) is 0 Å². The lowest BCUT2D eigenvalue weighted by atomic mass is 9.82. The van der Waals surface area contributed by atoms with Gasteiger partial charge in [0.1, 0.15) is 0 Å². The Bertz CT molecular complexity index is 2380. The second-order valence-corrected chi connectivity index (χ2v) is 14.1. The summed E-state index contributed by atoms with van der Waals surface area (Å²) in [6, 6.07) is 60.2. The minimum atomic E-state index is -0.0950. The smallest absolute Gasteiger partial charge is 0.0473 e. The summed E-state index contributed by atoms with van der Waals surface area (Å²) in [6.45, 7) is 4.72. The fourth-order valence-corrected chi connectivity index (χ4v) is 8.55. The topological polar surface area (TPSA) is 3.24 Å². The fourth-order valence-electron chi connectivity index (χ4n) is 7.47. The first-order valence-corrected chi connectivity index (χ1v) is 17.1. The maximum absolute atomic E-state index is 2.46. The van der Waals surface area contributed by atoms with E-state index < -0.39 is 0 Å². The summed E-state index contributed by atoms with van der Waals surface area (Å²) in [7, 11) is 0. The Morgan fingerprint density at radius 1 is 0.404 bits per heavy atom. The highest BCUT2D eigenvalue weighted by Gasteiger charge is 2.35. The minimum Gasteiger partial charge on any atom is -0.310 e. The van der Waals surface area contributed by atoms with Crippen LogP contribution >= 0.6 is 11.3 Å². The average molecular weight is 620 g/mol. The summed E-state index contributed by atoms with van der Waals surface area (Å²) < 4.78 is 2.63. The van der Waals surface area contributed by atoms with E-state index >= 15 is 0 Å². The van der Waals surface area contributed by atoms with Crippen LogP contribution in [0.25, 0.3) is 53.6 Å². The summed E-state index contributed by atoms with van der Waals surface area (Å²) in [4.78, 5) is 2.46. The van der Waals surface area contributed by atoms with Crippen LogP contribution in [0.4, 0.5) is 17.1 Å². The van der Waals surface area contributed by atoms with Crippen molar-refractivity contribution in [3.63, 3.8) is 0 Å². The first-order valence-electron chi connectivity index (χ1n) is 16.3. The number of anilines is 3. The van der Waals surface area contributed by atoms with Gasteiger partial charge in [0.2, 0.25) is 0 Å². The zero-order chi connectivity index (χ0) is 31.5. The predicted molar refractivity (Wildman–Crippen MR) is 202 cm³/mol. The second-order valence-electron chi connectivity index (χ2n) is 13.0. The van der Waals surface area contributed by atoms with Gasteiger partial charge in [-0.3, -0.25) is 0 Å². The first kappa shape index (κ1) is 27.8. The quantitative estimate of drug-likeness (QED) is 0.185. The van der Waals surface area contributed by atoms with Crippen molar-refractivity contribution < 1.29 is 0 Å². The molecule has 224 valence electrons. The molecule has 0 bridgehead atoms. The normalized spacial score (nSPS) is 13.1. The average Bonchev–Trinajstić information content (AvgIpc) is 3.61. The Balaban J connectivity index is 1.31. The number of hydrogen-bond acceptors (Lipinski definition) is 2. The molecule has 0 aliphatic heterocycles. The number of rotatable bonds is 5. The van der Waals surface area contributed by atoms with Crippen molar-refractivity contribution in [1.82, 2.24) is 0 Å². The maximum atomic E-state index is 2.46. The predicted octanol–water partition coefficient (Wildman–Crippen LogP) is 13.2. The molecule has 1 aromatic heterocycles. The Hall–Kier alpha value is -5.44. The first-order chi connectivity index (χ1) is 23.0. The molecule has 0 amide bonds. The van der Waals surface area contributed by atoms with Crippen LogP contribution in [-0.2, 0) is 5.41 Å². The largest absolute Gasteiger partial charge is 0.310 e. The molecule has 2 heteroatoms. The number of hydrogen-bond donors (Lipinski definition) is 0. The highest BCUT2D eigenvalue weighted by Crippen LogP contribution is 2.51. The Labute approximate surface area is 280 Å². The van der Waals surface area contributed by atoms with E-state index in [1.54, 1.807) is 0 Å². The fraction of sp³-hybridized carbons (Fsp3) is 0.0667. The van der Waals surface area contributed by atoms with Gasteiger partial charge in [0.25, 0.3) is 0 Å². The Kier molecular flexibility index (Phi) is 6.41. The molecular weight excluding hydrogens is 587 g/mol. The molecule has 0 radical (unpaired) electrons. The van der Waals surface area contributed by atoms with Gasteiger partial charge in [-0.25, -0.2) is 0 Å². The third-order valence-electron chi connectivity index (χ3n) is 9.83. The molecule has 0 spiro atoms. The lowest BCUT2D eigenvalue weighted by Gasteiger charge is -2.29. The van der Waals surface area contributed by atoms with E-state index in [1.807, 2.05) is 11.3 Å². The van der Waals surface area contributed by atoms with Crippen molar-refractivity contribution in [2.24, 2.45) is 0 Å². The summed E-state index contributed by atoms with van der Waals surface area (Å²) in [5.41, 5.74) is 13.6. The van der Waals surface area contributed by atoms with Crippen LogP contribution in [0.2, 0.25) is 0 Å². The second kappa shape index (κ2) is 10.8. The van der Waals surface area contributed by atoms with Crippen LogP contribution in [0.1, 0.15) is 25.0 Å². The molecule has 1 heterocycles. The molecule has 1 aliphatic carbocycles. The Morgan fingerprint density at radius 2 is 0.979 bits per heavy atom. The van der Waals surface area contributed by atoms with Crippen LogP contribution < -0.4 is 4.90 Å². The van der Waals surface area contributed by atoms with E-state index in [2.05, 4.69) is 183 Å². The van der Waals surface area contributed by atoms with Gasteiger partial charge in [-0.2, -0.15) is 0 Å². The highest BCUT2D eigenvalue weighted by molar-refractivity contribution is 7.25. The maximum Gasteiger partial charge on any atom is 0.0473 e. The van der Waals surface area contributed by atoms with Crippen LogP contribution in [0.3, 0.4) is 0 Å². The summed E-state index contributed by atoms with van der Waals surface area (Å²) in [5, 5.41) is 2.60. The monoisotopic (exact) mass is 619 g/mol. The van der Waals surface area contributed by atoms with Crippen LogP contribution in [0, 0.1) is 0 Å². The van der Waals surface area contributed by atoms with E-state index in [4.69, 9.17) is 0 Å². The van der Waals surface area contributed by atoms with Crippen molar-refractivity contribution in [3.8, 4) is 33.4 Å². The molecule has 0 N–H and O–H groups in total. The number of nitrogens with zero attached hydrogens (tertiary/aromatic N) is 1. The van der Waals surface area contributed by atoms with E-state index in [9.17, 15) is 0 Å². The minimum absolute atomic E-state index is 0.0950. The zero-order valence-corrected chi connectivity index (χ0v) is 27.3. The molecule has 8 aromatic rings. The molecule has 0 saturated heterocycles. The molecule has 1 nitrogen and oxygen atoms in total. The van der Waals surface area contributed by atoms with E-state index in [0.29, 0.717) is 0 Å². The summed E-state index contributed by atoms with van der Waals surface area (Å²) in [6.07, 6.45) is 0. The van der Waals surface area contributed by atoms with Crippen molar-refractivity contribution in [2.45, 2.75) is 19.3 Å². The van der Waals surface area contributed by atoms with Crippen LogP contribution in [-0.4, -0.2) is 0 Å². The number of benzene rings is 7. The van der Waals surface area contributed by atoms with Crippen molar-refractivity contribution in [3.05, 3.63) is 175 Å². The summed E-state index contributed by atoms with van der Waals surface area (Å²) in [5.74, 6) is 0. The molecule has 0 fully saturated rings.